The Bertz CT molecular complexity index is 287. The average molecular weight is 282 g/mol. The van der Waals surface area contributed by atoms with Crippen molar-refractivity contribution in [3.63, 3.8) is 0 Å². The van der Waals surface area contributed by atoms with Crippen LogP contribution < -0.4 is 10.9 Å². The molecule has 0 rings (SSSR count). The number of thiocarbonyl (C=S) groups is 2. The zero-order valence-corrected chi connectivity index (χ0v) is 11.9. The first kappa shape index (κ1) is 15.4. The van der Waals surface area contributed by atoms with Crippen LogP contribution in [0.1, 0.15) is 13.8 Å². The lowest BCUT2D eigenvalue weighted by Gasteiger charge is -2.22. The molecule has 0 aliphatic heterocycles. The predicted octanol–water partition coefficient (Wildman–Crippen LogP) is 1.25. The Morgan fingerprint density at radius 1 is 1.25 bits per heavy atom. The van der Waals surface area contributed by atoms with E-state index in [4.69, 9.17) is 24.4 Å². The van der Waals surface area contributed by atoms with E-state index in [0.29, 0.717) is 9.98 Å². The van der Waals surface area contributed by atoms with E-state index < -0.39 is 6.09 Å². The van der Waals surface area contributed by atoms with E-state index in [1.807, 2.05) is 0 Å². The van der Waals surface area contributed by atoms with Gasteiger partial charge in [0.2, 0.25) is 0 Å². The highest BCUT2D eigenvalue weighted by molar-refractivity contribution is 7.95. The summed E-state index contributed by atoms with van der Waals surface area (Å²) in [7, 11) is 3.28. The van der Waals surface area contributed by atoms with Crippen LogP contribution in [0.2, 0.25) is 0 Å². The molecule has 1 amide bonds. The highest BCUT2D eigenvalue weighted by Gasteiger charge is 2.14. The number of hydroxylamine groups is 1. The standard InChI is InChI=1S/C7H14N4O2S3/c1-5(14)8-11(4)16-10(3)7(12)13-9-6(2)15/h1-4H3,(H,8,14)(H,9,15). The van der Waals surface area contributed by atoms with Crippen LogP contribution >= 0.6 is 36.6 Å². The summed E-state index contributed by atoms with van der Waals surface area (Å²) in [5, 5.41) is 0. The molecule has 0 unspecified atom stereocenters. The van der Waals surface area contributed by atoms with E-state index in [1.54, 1.807) is 32.4 Å². The Balaban J connectivity index is 3.94. The van der Waals surface area contributed by atoms with Crippen molar-refractivity contribution < 1.29 is 9.63 Å². The Kier molecular flexibility index (Phi) is 7.30. The molecule has 0 fully saturated rings. The third kappa shape index (κ3) is 7.63. The number of amides is 1. The van der Waals surface area contributed by atoms with Crippen molar-refractivity contribution in [1.29, 1.82) is 0 Å². The Hall–Kier alpha value is -0.640. The summed E-state index contributed by atoms with van der Waals surface area (Å²) in [6.07, 6.45) is -0.565. The first-order chi connectivity index (χ1) is 7.32. The van der Waals surface area contributed by atoms with Crippen LogP contribution in [0.3, 0.4) is 0 Å². The molecule has 16 heavy (non-hydrogen) atoms. The minimum Gasteiger partial charge on any atom is -0.323 e. The molecule has 0 bridgehead atoms. The molecule has 0 aromatic carbocycles. The molecule has 0 atom stereocenters. The van der Waals surface area contributed by atoms with Gasteiger partial charge in [0.1, 0.15) is 4.99 Å². The number of carbonyl (C=O) groups excluding carboxylic acids is 1. The number of nitrogens with one attached hydrogen (secondary N) is 2. The van der Waals surface area contributed by atoms with Crippen molar-refractivity contribution in [3.05, 3.63) is 0 Å². The molecule has 0 radical (unpaired) electrons. The molecule has 6 nitrogen and oxygen atoms in total. The van der Waals surface area contributed by atoms with Crippen molar-refractivity contribution in [1.82, 2.24) is 19.6 Å². The monoisotopic (exact) mass is 282 g/mol. The first-order valence-corrected chi connectivity index (χ1v) is 5.77. The van der Waals surface area contributed by atoms with Crippen molar-refractivity contribution in [3.8, 4) is 0 Å². The fourth-order valence-corrected chi connectivity index (χ4v) is 1.52. The van der Waals surface area contributed by atoms with Crippen molar-refractivity contribution in [2.45, 2.75) is 13.8 Å². The molecule has 0 spiro atoms. The van der Waals surface area contributed by atoms with Gasteiger partial charge in [-0.2, -0.15) is 0 Å². The van der Waals surface area contributed by atoms with E-state index in [-0.39, 0.29) is 0 Å². The quantitative estimate of drug-likeness (QED) is 0.456. The summed E-state index contributed by atoms with van der Waals surface area (Å²) >= 11 is 10.6. The lowest BCUT2D eigenvalue weighted by molar-refractivity contribution is 0.107. The van der Waals surface area contributed by atoms with E-state index in [9.17, 15) is 4.79 Å². The number of carbonyl (C=O) groups is 1. The minimum atomic E-state index is -0.565. The molecular weight excluding hydrogens is 268 g/mol. The van der Waals surface area contributed by atoms with Gasteiger partial charge in [0.05, 0.1) is 17.1 Å². The van der Waals surface area contributed by atoms with Crippen molar-refractivity contribution >= 4 is 52.6 Å². The van der Waals surface area contributed by atoms with Crippen LogP contribution in [0.4, 0.5) is 4.79 Å². The number of hydrogen-bond acceptors (Lipinski definition) is 6. The molecule has 0 saturated carbocycles. The van der Waals surface area contributed by atoms with E-state index in [2.05, 4.69) is 15.7 Å². The maximum absolute atomic E-state index is 11.3. The zero-order valence-electron chi connectivity index (χ0n) is 9.44. The van der Waals surface area contributed by atoms with Gasteiger partial charge >= 0.3 is 6.09 Å². The summed E-state index contributed by atoms with van der Waals surface area (Å²) < 4.78 is 2.85. The first-order valence-electron chi connectivity index (χ1n) is 4.23. The third-order valence-electron chi connectivity index (χ3n) is 1.10. The summed E-state index contributed by atoms with van der Waals surface area (Å²) in [6, 6.07) is 0. The average Bonchev–Trinajstić information content (AvgIpc) is 2.12. The summed E-state index contributed by atoms with van der Waals surface area (Å²) in [6.45, 7) is 3.35. The maximum atomic E-state index is 11.3. The maximum Gasteiger partial charge on any atom is 0.444 e. The second kappa shape index (κ2) is 7.60. The Morgan fingerprint density at radius 2 is 1.81 bits per heavy atom. The van der Waals surface area contributed by atoms with Gasteiger partial charge in [0.15, 0.2) is 0 Å². The van der Waals surface area contributed by atoms with Gasteiger partial charge in [0.25, 0.3) is 0 Å². The van der Waals surface area contributed by atoms with Gasteiger partial charge in [-0.3, -0.25) is 0 Å². The Morgan fingerprint density at radius 3 is 2.25 bits per heavy atom. The van der Waals surface area contributed by atoms with E-state index >= 15 is 0 Å². The molecule has 9 heteroatoms. The fourth-order valence-electron chi connectivity index (χ4n) is 0.639. The summed E-state index contributed by atoms with van der Waals surface area (Å²) in [4.78, 5) is 17.0. The van der Waals surface area contributed by atoms with Gasteiger partial charge in [-0.05, 0) is 13.8 Å². The second-order valence-electron chi connectivity index (χ2n) is 2.77. The lowest BCUT2D eigenvalue weighted by atomic mass is 10.8. The molecule has 2 N–H and O–H groups in total. The number of rotatable bonds is 3. The van der Waals surface area contributed by atoms with Gasteiger partial charge < -0.3 is 10.3 Å². The van der Waals surface area contributed by atoms with Crippen LogP contribution in [0.5, 0.6) is 0 Å². The lowest BCUT2D eigenvalue weighted by Crippen LogP contribution is -2.37. The third-order valence-corrected chi connectivity index (χ3v) is 2.00. The van der Waals surface area contributed by atoms with Gasteiger partial charge in [-0.25, -0.2) is 14.6 Å². The highest BCUT2D eigenvalue weighted by atomic mass is 32.2. The molecule has 0 aliphatic carbocycles. The normalized spacial score (nSPS) is 9.56. The van der Waals surface area contributed by atoms with Gasteiger partial charge in [-0.15, -0.1) is 4.41 Å². The molecule has 0 saturated heterocycles. The SMILES string of the molecule is CC(=S)NOC(=O)N(C)SN(C)NC(C)=S. The van der Waals surface area contributed by atoms with Crippen LogP contribution in [0, 0.1) is 0 Å². The van der Waals surface area contributed by atoms with Gasteiger partial charge in [-0.1, -0.05) is 24.4 Å². The largest absolute Gasteiger partial charge is 0.444 e. The number of hydrogen-bond donors (Lipinski definition) is 2. The summed E-state index contributed by atoms with van der Waals surface area (Å²) in [5.74, 6) is 0. The molecule has 0 aliphatic rings. The molecule has 92 valence electrons. The smallest absolute Gasteiger partial charge is 0.323 e. The van der Waals surface area contributed by atoms with Crippen LogP contribution in [0.25, 0.3) is 0 Å². The summed E-state index contributed by atoms with van der Waals surface area (Å²) in [5.41, 5.74) is 5.13. The molecule has 0 aromatic heterocycles. The Labute approximate surface area is 110 Å². The number of hydrazine groups is 1. The molecule has 0 heterocycles. The van der Waals surface area contributed by atoms with E-state index in [1.165, 1.54) is 4.31 Å². The molecule has 0 aromatic rings. The number of nitrogens with zero attached hydrogens (tertiary/aromatic N) is 2. The van der Waals surface area contributed by atoms with Gasteiger partial charge in [0, 0.05) is 14.1 Å². The zero-order chi connectivity index (χ0) is 12.7. The van der Waals surface area contributed by atoms with Crippen LogP contribution in [0.15, 0.2) is 0 Å². The van der Waals surface area contributed by atoms with Crippen molar-refractivity contribution in [2.24, 2.45) is 0 Å². The van der Waals surface area contributed by atoms with Crippen LogP contribution in [-0.4, -0.2) is 38.9 Å². The van der Waals surface area contributed by atoms with E-state index in [0.717, 1.165) is 12.1 Å². The van der Waals surface area contributed by atoms with Crippen molar-refractivity contribution in [2.75, 3.05) is 14.1 Å². The fraction of sp³-hybridized carbons (Fsp3) is 0.571. The molecular formula is C7H14N4O2S3. The topological polar surface area (TPSA) is 56.8 Å². The second-order valence-corrected chi connectivity index (χ2v) is 5.25. The highest BCUT2D eigenvalue weighted by Crippen LogP contribution is 2.10. The minimum absolute atomic E-state index is 0.382. The predicted molar refractivity (Wildman–Crippen MR) is 72.4 cm³/mol. The van der Waals surface area contributed by atoms with Crippen LogP contribution in [-0.2, 0) is 4.84 Å².